The van der Waals surface area contributed by atoms with Crippen LogP contribution in [0.1, 0.15) is 33.2 Å². The molecule has 0 saturated carbocycles. The van der Waals surface area contributed by atoms with Gasteiger partial charge in [0.25, 0.3) is 15.7 Å². The van der Waals surface area contributed by atoms with Crippen LogP contribution in [0.2, 0.25) is 10.2 Å². The maximum atomic E-state index is 12.7. The number of esters is 2. The molecular formula is C30H26Cl2F3N7O14S. The predicted molar refractivity (Wildman–Crippen MR) is 186 cm³/mol. The maximum absolute atomic E-state index is 12.7. The molecule has 2 aromatic carbocycles. The van der Waals surface area contributed by atoms with E-state index in [1.165, 1.54) is 27.2 Å². The van der Waals surface area contributed by atoms with Gasteiger partial charge in [-0.3, -0.25) is 20.1 Å². The first-order valence-electron chi connectivity index (χ1n) is 15.0. The molecule has 0 atom stereocenters. The monoisotopic (exact) mass is 867 g/mol. The number of nitrogens with one attached hydrogen (secondary N) is 2. The summed E-state index contributed by atoms with van der Waals surface area (Å²) in [6.07, 6.45) is -4.61. The van der Waals surface area contributed by atoms with E-state index in [9.17, 15) is 50.9 Å². The third-order valence-corrected chi connectivity index (χ3v) is 8.46. The van der Waals surface area contributed by atoms with Gasteiger partial charge >= 0.3 is 30.1 Å². The van der Waals surface area contributed by atoms with Crippen molar-refractivity contribution in [2.75, 3.05) is 32.8 Å². The molecule has 2 amide bonds. The van der Waals surface area contributed by atoms with Crippen molar-refractivity contribution in [3.63, 3.8) is 0 Å². The number of hydrogen-bond donors (Lipinski definition) is 3. The molecule has 0 aliphatic carbocycles. The quantitative estimate of drug-likeness (QED) is 0.0918. The molecule has 0 aliphatic heterocycles. The van der Waals surface area contributed by atoms with E-state index in [2.05, 4.69) is 25.1 Å². The van der Waals surface area contributed by atoms with E-state index in [-0.39, 0.29) is 40.8 Å². The molecule has 0 aliphatic rings. The fourth-order valence-corrected chi connectivity index (χ4v) is 5.92. The highest BCUT2D eigenvalue weighted by Gasteiger charge is 2.33. The normalized spacial score (nSPS) is 11.0. The Morgan fingerprint density at radius 1 is 1.00 bits per heavy atom. The number of aryl methyl sites for hydroxylation is 1. The van der Waals surface area contributed by atoms with Gasteiger partial charge in [-0.1, -0.05) is 23.2 Å². The highest BCUT2D eigenvalue weighted by molar-refractivity contribution is 7.90. The molecule has 2 heterocycles. The number of nitro groups is 1. The first-order chi connectivity index (χ1) is 26.6. The molecule has 0 spiro atoms. The van der Waals surface area contributed by atoms with Crippen LogP contribution in [0, 0.1) is 10.1 Å². The summed E-state index contributed by atoms with van der Waals surface area (Å²) in [5, 5.41) is 24.2. The van der Waals surface area contributed by atoms with Gasteiger partial charge < -0.3 is 28.8 Å². The van der Waals surface area contributed by atoms with Crippen molar-refractivity contribution in [1.82, 2.24) is 24.5 Å². The number of halogens is 5. The summed E-state index contributed by atoms with van der Waals surface area (Å²) in [6.45, 7) is 0.825. The molecule has 4 rings (SSSR count). The van der Waals surface area contributed by atoms with Crippen LogP contribution in [0.3, 0.4) is 0 Å². The lowest BCUT2D eigenvalue weighted by Crippen LogP contribution is -2.36. The number of rotatable bonds is 13. The van der Waals surface area contributed by atoms with Gasteiger partial charge in [0, 0.05) is 19.2 Å². The number of methoxy groups -OCH3 is 2. The minimum Gasteiger partial charge on any atom is -0.481 e. The molecule has 306 valence electrons. The summed E-state index contributed by atoms with van der Waals surface area (Å²) in [4.78, 5) is 64.6. The van der Waals surface area contributed by atoms with Crippen LogP contribution in [0.5, 0.6) is 23.3 Å². The number of urea groups is 1. The minimum atomic E-state index is -4.64. The summed E-state index contributed by atoms with van der Waals surface area (Å²) in [5.74, 6) is -4.21. The fourth-order valence-electron chi connectivity index (χ4n) is 4.12. The average Bonchev–Trinajstić information content (AvgIpc) is 3.45. The Morgan fingerprint density at radius 2 is 1.63 bits per heavy atom. The number of carbonyl (C=O) groups excluding carboxylic acids is 3. The second-order valence-electron chi connectivity index (χ2n) is 10.3. The van der Waals surface area contributed by atoms with Gasteiger partial charge in [-0.2, -0.15) is 36.7 Å². The Morgan fingerprint density at radius 3 is 2.16 bits per heavy atom. The number of amides is 2. The second kappa shape index (κ2) is 18.9. The number of hydrogen-bond acceptors (Lipinski definition) is 16. The molecule has 27 heteroatoms. The molecule has 0 fully saturated rings. The van der Waals surface area contributed by atoms with Crippen molar-refractivity contribution in [2.45, 2.75) is 18.1 Å². The number of nitrogens with zero attached hydrogens (tertiary/aromatic N) is 5. The molecule has 4 aromatic rings. The third kappa shape index (κ3) is 12.0. The zero-order chi connectivity index (χ0) is 42.8. The summed E-state index contributed by atoms with van der Waals surface area (Å²) < 4.78 is 89.7. The lowest BCUT2D eigenvalue weighted by atomic mass is 10.1. The van der Waals surface area contributed by atoms with Gasteiger partial charge in [-0.05, 0) is 31.2 Å². The average molecular weight is 869 g/mol. The van der Waals surface area contributed by atoms with Crippen molar-refractivity contribution in [3.8, 4) is 23.3 Å². The Kier molecular flexibility index (Phi) is 14.9. The van der Waals surface area contributed by atoms with E-state index in [1.54, 1.807) is 4.72 Å². The van der Waals surface area contributed by atoms with Gasteiger partial charge in [-0.25, -0.2) is 23.9 Å². The third-order valence-electron chi connectivity index (χ3n) is 6.47. The van der Waals surface area contributed by atoms with Gasteiger partial charge in [0.15, 0.2) is 16.8 Å². The van der Waals surface area contributed by atoms with Crippen LogP contribution in [0.4, 0.5) is 29.6 Å². The first kappa shape index (κ1) is 44.9. The maximum Gasteiger partial charge on any atom is 0.416 e. The summed E-state index contributed by atoms with van der Waals surface area (Å²) in [5.41, 5.74) is -2.94. The number of aromatic nitrogens is 4. The Balaban J connectivity index is 0.000000307. The molecule has 2 aromatic heterocycles. The van der Waals surface area contributed by atoms with Crippen molar-refractivity contribution in [3.05, 3.63) is 79.4 Å². The number of carboxylic acids is 1. The molecule has 57 heavy (non-hydrogen) atoms. The molecular weight excluding hydrogens is 842 g/mol. The largest absolute Gasteiger partial charge is 0.481 e. The van der Waals surface area contributed by atoms with Gasteiger partial charge in [0.1, 0.15) is 22.6 Å². The number of carboxylic acid groups (broad SMARTS) is 1. The van der Waals surface area contributed by atoms with Crippen molar-refractivity contribution < 1.29 is 74.5 Å². The van der Waals surface area contributed by atoms with Crippen LogP contribution >= 0.6 is 23.2 Å². The van der Waals surface area contributed by atoms with Gasteiger partial charge in [0.05, 0.1) is 42.4 Å². The smallest absolute Gasteiger partial charge is 0.416 e. The van der Waals surface area contributed by atoms with Gasteiger partial charge in [-0.15, -0.1) is 0 Å². The number of sulfonamides is 1. The van der Waals surface area contributed by atoms with Crippen molar-refractivity contribution in [1.29, 1.82) is 0 Å². The fraction of sp³-hybridized carbons (Fsp3) is 0.233. The van der Waals surface area contributed by atoms with E-state index in [0.29, 0.717) is 10.7 Å². The van der Waals surface area contributed by atoms with E-state index < -0.39 is 84.2 Å². The number of carbonyl (C=O) groups is 4. The zero-order valence-electron chi connectivity index (χ0n) is 29.2. The highest BCUT2D eigenvalue weighted by atomic mass is 35.5. The Bertz CT molecular complexity index is 2290. The Labute approximate surface area is 327 Å². The second-order valence-corrected chi connectivity index (χ2v) is 12.7. The molecule has 0 bridgehead atoms. The summed E-state index contributed by atoms with van der Waals surface area (Å²) >= 11 is 11.4. The topological polar surface area (TPSA) is 280 Å². The van der Waals surface area contributed by atoms with E-state index in [1.807, 2.05) is 0 Å². The number of ether oxygens (including phenoxy) is 5. The van der Waals surface area contributed by atoms with Crippen LogP contribution in [-0.4, -0.2) is 89.6 Å². The molecule has 0 saturated heterocycles. The van der Waals surface area contributed by atoms with E-state index >= 15 is 0 Å². The standard InChI is InChI=1S/C18H13ClF3NO7.C12H13ClN6O7S/c1-2-28-16(24)9-29-17(25)12-8-11(4-5-14(12)23(26)27)30-15-6-3-10(7-13(15)19)18(20,21)22;1-19-9(7(10(20)21)8(13)17-19)27(23,24)18-12(22)16-11-14-5(25-2)4-6(15-11)26-3/h3-8H,2,9H2,1H3;4H,1-3H3,(H,20,21)(H2,14,15,16,18,22). The zero-order valence-corrected chi connectivity index (χ0v) is 31.6. The number of nitro benzene ring substituents is 1. The van der Waals surface area contributed by atoms with Crippen molar-refractivity contribution in [2.24, 2.45) is 7.05 Å². The number of alkyl halides is 3. The number of benzene rings is 2. The lowest BCUT2D eigenvalue weighted by Gasteiger charge is -2.12. The van der Waals surface area contributed by atoms with Crippen LogP contribution in [0.15, 0.2) is 47.5 Å². The van der Waals surface area contributed by atoms with E-state index in [4.69, 9.17) is 47.3 Å². The van der Waals surface area contributed by atoms with Crippen LogP contribution in [-0.2, 0) is 37.5 Å². The predicted octanol–water partition coefficient (Wildman–Crippen LogP) is 4.87. The van der Waals surface area contributed by atoms with Crippen molar-refractivity contribution >= 4 is 68.8 Å². The number of aromatic carboxylic acids is 1. The minimum absolute atomic E-state index is 0.0478. The SMILES string of the molecule is CCOC(=O)COC(=O)c1cc(Oc2ccc(C(F)(F)F)cc2Cl)ccc1[N+](=O)[O-].COc1cc(OC)nc(NC(=O)NS(=O)(=O)c2c(C(=O)O)c(Cl)nn2C)n1. The molecule has 0 unspecified atom stereocenters. The first-order valence-corrected chi connectivity index (χ1v) is 17.3. The molecule has 3 N–H and O–H groups in total. The van der Waals surface area contributed by atoms with Gasteiger partial charge in [0.2, 0.25) is 17.7 Å². The van der Waals surface area contributed by atoms with Crippen LogP contribution < -0.4 is 24.2 Å². The Hall–Kier alpha value is -6.47. The molecule has 21 nitrogen and oxygen atoms in total. The lowest BCUT2D eigenvalue weighted by molar-refractivity contribution is -0.385. The van der Waals surface area contributed by atoms with E-state index in [0.717, 1.165) is 37.4 Å². The number of anilines is 1. The molecule has 0 radical (unpaired) electrons. The highest BCUT2D eigenvalue weighted by Crippen LogP contribution is 2.37. The van der Waals surface area contributed by atoms with Crippen LogP contribution in [0.25, 0.3) is 0 Å². The summed E-state index contributed by atoms with van der Waals surface area (Å²) in [6, 6.07) is 5.42. The summed E-state index contributed by atoms with van der Waals surface area (Å²) in [7, 11) is -0.858.